The Labute approximate surface area is 236 Å². The Morgan fingerprint density at radius 3 is 2.35 bits per heavy atom. The largest absolute Gasteiger partial charge is 0.508 e. The molecule has 1 atom stereocenters. The van der Waals surface area contributed by atoms with Gasteiger partial charge in [-0.25, -0.2) is 4.79 Å². The molecule has 1 saturated carbocycles. The first-order valence-corrected chi connectivity index (χ1v) is 13.7. The van der Waals surface area contributed by atoms with Crippen LogP contribution in [0.3, 0.4) is 0 Å². The second kappa shape index (κ2) is 12.6. The standard InChI is InChI=1S/C30H33ClN2O7/c1-16-22-11-12-25(34)17(2)27(22)40-30(39)23(16)14-26(35)33-24(13-18-5-9-21(31)10-6-18)28(36)32-15-19-3-7-20(8-4-19)29(37)38/h5-6,9-12,19-20,24,34H,3-4,7-8,13-15H2,1-2H3,(H,32,36)(H,33,35)(H,37,38). The van der Waals surface area contributed by atoms with Crippen LogP contribution in [-0.4, -0.2) is 40.6 Å². The van der Waals surface area contributed by atoms with Crippen molar-refractivity contribution in [3.8, 4) is 5.75 Å². The summed E-state index contributed by atoms with van der Waals surface area (Å²) in [4.78, 5) is 50.4. The Morgan fingerprint density at radius 2 is 1.70 bits per heavy atom. The highest BCUT2D eigenvalue weighted by Crippen LogP contribution is 2.29. The van der Waals surface area contributed by atoms with Crippen molar-refractivity contribution in [1.82, 2.24) is 10.6 Å². The average molecular weight is 569 g/mol. The second-order valence-corrected chi connectivity index (χ2v) is 10.9. The molecule has 4 rings (SSSR count). The van der Waals surface area contributed by atoms with Crippen LogP contribution in [-0.2, 0) is 27.2 Å². The summed E-state index contributed by atoms with van der Waals surface area (Å²) in [6.07, 6.45) is 2.50. The number of carboxylic acids is 1. The highest BCUT2D eigenvalue weighted by Gasteiger charge is 2.28. The van der Waals surface area contributed by atoms with E-state index in [2.05, 4.69) is 10.6 Å². The van der Waals surface area contributed by atoms with E-state index in [1.807, 2.05) is 0 Å². The van der Waals surface area contributed by atoms with E-state index in [4.69, 9.17) is 16.0 Å². The van der Waals surface area contributed by atoms with Gasteiger partial charge in [-0.15, -0.1) is 0 Å². The van der Waals surface area contributed by atoms with Crippen molar-refractivity contribution >= 4 is 40.4 Å². The van der Waals surface area contributed by atoms with Crippen LogP contribution in [0.5, 0.6) is 5.75 Å². The molecule has 0 radical (unpaired) electrons. The molecule has 1 unspecified atom stereocenters. The summed E-state index contributed by atoms with van der Waals surface area (Å²) in [5.74, 6) is -1.82. The topological polar surface area (TPSA) is 146 Å². The first-order valence-electron chi connectivity index (χ1n) is 13.3. The lowest BCUT2D eigenvalue weighted by Crippen LogP contribution is -2.49. The summed E-state index contributed by atoms with van der Waals surface area (Å²) in [5.41, 5.74) is 1.57. The molecule has 0 bridgehead atoms. The minimum absolute atomic E-state index is 0.00604. The minimum Gasteiger partial charge on any atom is -0.508 e. The molecule has 4 N–H and O–H groups in total. The molecule has 9 nitrogen and oxygen atoms in total. The van der Waals surface area contributed by atoms with Crippen LogP contribution in [0.1, 0.15) is 47.9 Å². The predicted molar refractivity (Wildman–Crippen MR) is 151 cm³/mol. The quantitative estimate of drug-likeness (QED) is 0.285. The number of aryl methyl sites for hydroxylation is 2. The number of hydrogen-bond acceptors (Lipinski definition) is 6. The number of phenols is 1. The Kier molecular flexibility index (Phi) is 9.14. The highest BCUT2D eigenvalue weighted by molar-refractivity contribution is 6.30. The van der Waals surface area contributed by atoms with E-state index in [-0.39, 0.29) is 47.5 Å². The maximum atomic E-state index is 13.2. The summed E-state index contributed by atoms with van der Waals surface area (Å²) in [5, 5.41) is 26.1. The number of carbonyl (C=O) groups is 3. The Morgan fingerprint density at radius 1 is 1.02 bits per heavy atom. The van der Waals surface area contributed by atoms with Crippen molar-refractivity contribution in [2.75, 3.05) is 6.54 Å². The van der Waals surface area contributed by atoms with E-state index in [1.54, 1.807) is 44.2 Å². The first-order chi connectivity index (χ1) is 19.0. The number of fused-ring (bicyclic) bond motifs is 1. The van der Waals surface area contributed by atoms with E-state index < -0.39 is 23.5 Å². The summed E-state index contributed by atoms with van der Waals surface area (Å²) in [6.45, 7) is 3.75. The molecule has 1 aliphatic carbocycles. The lowest BCUT2D eigenvalue weighted by Gasteiger charge is -2.27. The van der Waals surface area contributed by atoms with Gasteiger partial charge < -0.3 is 25.3 Å². The molecule has 2 aromatic carbocycles. The summed E-state index contributed by atoms with van der Waals surface area (Å²) >= 11 is 6.00. The number of rotatable bonds is 9. The SMILES string of the molecule is Cc1c(CC(=O)NC(Cc2ccc(Cl)cc2)C(=O)NCC2CCC(C(=O)O)CC2)c(=O)oc2c(C)c(O)ccc12. The van der Waals surface area contributed by atoms with Crippen LogP contribution in [0.4, 0.5) is 0 Å². The first kappa shape index (κ1) is 29.1. The number of aromatic hydroxyl groups is 1. The molecule has 0 saturated heterocycles. The van der Waals surface area contributed by atoms with Crippen molar-refractivity contribution in [2.24, 2.45) is 11.8 Å². The molecular weight excluding hydrogens is 536 g/mol. The zero-order valence-corrected chi connectivity index (χ0v) is 23.2. The van der Waals surface area contributed by atoms with Gasteiger partial charge in [-0.2, -0.15) is 0 Å². The number of nitrogens with one attached hydrogen (secondary N) is 2. The van der Waals surface area contributed by atoms with Gasteiger partial charge >= 0.3 is 11.6 Å². The summed E-state index contributed by atoms with van der Waals surface area (Å²) < 4.78 is 5.45. The predicted octanol–water partition coefficient (Wildman–Crippen LogP) is 4.05. The summed E-state index contributed by atoms with van der Waals surface area (Å²) in [7, 11) is 0. The monoisotopic (exact) mass is 568 g/mol. The number of amides is 2. The molecule has 212 valence electrons. The number of halogens is 1. The second-order valence-electron chi connectivity index (χ2n) is 10.5. The number of benzene rings is 2. The normalized spacial score (nSPS) is 17.8. The van der Waals surface area contributed by atoms with Crippen LogP contribution in [0.15, 0.2) is 45.6 Å². The lowest BCUT2D eigenvalue weighted by molar-refractivity contribution is -0.143. The Bertz CT molecular complexity index is 1470. The fourth-order valence-corrected chi connectivity index (χ4v) is 5.36. The number of aliphatic carboxylic acids is 1. The van der Waals surface area contributed by atoms with Crippen molar-refractivity contribution < 1.29 is 29.0 Å². The zero-order chi connectivity index (χ0) is 29.0. The van der Waals surface area contributed by atoms with Crippen LogP contribution >= 0.6 is 11.6 Å². The molecule has 1 aromatic heterocycles. The third-order valence-corrected chi connectivity index (χ3v) is 8.03. The maximum Gasteiger partial charge on any atom is 0.340 e. The van der Waals surface area contributed by atoms with Gasteiger partial charge in [-0.1, -0.05) is 23.7 Å². The molecule has 3 aromatic rings. The summed E-state index contributed by atoms with van der Waals surface area (Å²) in [6, 6.07) is 9.21. The van der Waals surface area contributed by atoms with Crippen molar-refractivity contribution in [1.29, 1.82) is 0 Å². The third-order valence-electron chi connectivity index (χ3n) is 7.78. The number of carbonyl (C=O) groups excluding carboxylic acids is 2. The van der Waals surface area contributed by atoms with E-state index >= 15 is 0 Å². The fraction of sp³-hybridized carbons (Fsp3) is 0.400. The molecule has 1 heterocycles. The van der Waals surface area contributed by atoms with Crippen molar-refractivity contribution in [3.63, 3.8) is 0 Å². The Balaban J connectivity index is 1.48. The van der Waals surface area contributed by atoms with Gasteiger partial charge in [0.15, 0.2) is 0 Å². The lowest BCUT2D eigenvalue weighted by atomic mass is 9.82. The number of hydrogen-bond donors (Lipinski definition) is 4. The molecule has 40 heavy (non-hydrogen) atoms. The van der Waals surface area contributed by atoms with Crippen molar-refractivity contribution in [2.45, 2.75) is 58.4 Å². The van der Waals surface area contributed by atoms with Gasteiger partial charge in [-0.05, 0) is 80.8 Å². The molecule has 0 spiro atoms. The maximum absolute atomic E-state index is 13.2. The van der Waals surface area contributed by atoms with E-state index in [1.165, 1.54) is 6.07 Å². The fourth-order valence-electron chi connectivity index (χ4n) is 5.24. The Hall–Kier alpha value is -3.85. The molecule has 2 amide bonds. The van der Waals surface area contributed by atoms with Gasteiger partial charge in [0, 0.05) is 28.9 Å². The molecule has 1 fully saturated rings. The molecular formula is C30H33ClN2O7. The van der Waals surface area contributed by atoms with Crippen LogP contribution in [0.25, 0.3) is 11.0 Å². The van der Waals surface area contributed by atoms with Gasteiger partial charge in [0.2, 0.25) is 11.8 Å². The van der Waals surface area contributed by atoms with E-state index in [0.717, 1.165) is 5.56 Å². The minimum atomic E-state index is -0.906. The zero-order valence-electron chi connectivity index (χ0n) is 22.5. The van der Waals surface area contributed by atoms with Gasteiger partial charge in [0.25, 0.3) is 0 Å². The van der Waals surface area contributed by atoms with E-state index in [0.29, 0.717) is 53.8 Å². The highest BCUT2D eigenvalue weighted by atomic mass is 35.5. The van der Waals surface area contributed by atoms with E-state index in [9.17, 15) is 29.4 Å². The smallest absolute Gasteiger partial charge is 0.340 e. The van der Waals surface area contributed by atoms with Crippen LogP contribution in [0.2, 0.25) is 5.02 Å². The molecule has 0 aliphatic heterocycles. The van der Waals surface area contributed by atoms with Crippen LogP contribution < -0.4 is 16.3 Å². The average Bonchev–Trinajstić information content (AvgIpc) is 2.93. The number of phenolic OH excluding ortho intramolecular Hbond substituents is 1. The van der Waals surface area contributed by atoms with Crippen LogP contribution in [0, 0.1) is 25.7 Å². The van der Waals surface area contributed by atoms with Gasteiger partial charge in [0.05, 0.1) is 17.9 Å². The van der Waals surface area contributed by atoms with Crippen molar-refractivity contribution in [3.05, 3.63) is 74.1 Å². The molecule has 10 heteroatoms. The third kappa shape index (κ3) is 6.83. The number of carboxylic acid groups (broad SMARTS) is 1. The van der Waals surface area contributed by atoms with Gasteiger partial charge in [-0.3, -0.25) is 14.4 Å². The molecule has 1 aliphatic rings. The van der Waals surface area contributed by atoms with Gasteiger partial charge in [0.1, 0.15) is 17.4 Å².